The fraction of sp³-hybridized carbons (Fsp3) is 0.364. The van der Waals surface area contributed by atoms with Gasteiger partial charge in [-0.15, -0.1) is 0 Å². The van der Waals surface area contributed by atoms with Gasteiger partial charge in [0.15, 0.2) is 5.75 Å². The summed E-state index contributed by atoms with van der Waals surface area (Å²) in [5.41, 5.74) is 1.66. The zero-order valence-corrected chi connectivity index (χ0v) is 11.0. The highest BCUT2D eigenvalue weighted by Crippen LogP contribution is 2.15. The van der Waals surface area contributed by atoms with Crippen molar-refractivity contribution in [2.75, 3.05) is 0 Å². The molecule has 1 aromatic rings. The number of nitrogens with one attached hydrogen (secondary N) is 1. The second-order valence-electron chi connectivity index (χ2n) is 4.16. The van der Waals surface area contributed by atoms with Crippen LogP contribution in [0.1, 0.15) is 20.8 Å². The molecule has 0 saturated carbocycles. The Kier molecular flexibility index (Phi) is 4.18. The summed E-state index contributed by atoms with van der Waals surface area (Å²) in [7, 11) is 0. The lowest BCUT2D eigenvalue weighted by molar-refractivity contribution is 0.0287. The average molecular weight is 288 g/mol. The third-order valence-corrected chi connectivity index (χ3v) is 1.99. The topological polar surface area (TPSA) is 47.6 Å². The van der Waals surface area contributed by atoms with Crippen LogP contribution in [0.4, 0.5) is 4.79 Å². The highest BCUT2D eigenvalue weighted by Gasteiger charge is 2.16. The summed E-state index contributed by atoms with van der Waals surface area (Å²) in [5.74, 6) is 0.536. The van der Waals surface area contributed by atoms with Gasteiger partial charge in [0.1, 0.15) is 5.60 Å². The number of benzene rings is 1. The average Bonchev–Trinajstić information content (AvgIpc) is 2.14. The van der Waals surface area contributed by atoms with Gasteiger partial charge in [0.25, 0.3) is 0 Å². The van der Waals surface area contributed by atoms with Crippen LogP contribution < -0.4 is 10.3 Å². The standard InChI is InChI=1S/C11H14BrNO3/c1-11(2,3)15-10(14)13-16-9-6-4-8(12)5-7-9/h4-7H,1-3H3,(H,13,14). The van der Waals surface area contributed by atoms with Gasteiger partial charge >= 0.3 is 6.09 Å². The molecule has 0 fully saturated rings. The number of hydrogen-bond acceptors (Lipinski definition) is 3. The van der Waals surface area contributed by atoms with E-state index in [1.807, 2.05) is 12.1 Å². The SMILES string of the molecule is CC(C)(C)OC(=O)NOc1ccc(Br)cc1. The Hall–Kier alpha value is -1.23. The number of rotatable bonds is 2. The predicted molar refractivity (Wildman–Crippen MR) is 64.1 cm³/mol. The molecule has 0 aliphatic heterocycles. The second-order valence-corrected chi connectivity index (χ2v) is 5.08. The van der Waals surface area contributed by atoms with Crippen molar-refractivity contribution in [1.82, 2.24) is 5.48 Å². The Morgan fingerprint density at radius 1 is 1.25 bits per heavy atom. The van der Waals surface area contributed by atoms with Gasteiger partial charge in [0.05, 0.1) is 0 Å². The minimum Gasteiger partial charge on any atom is -0.442 e. The fourth-order valence-corrected chi connectivity index (χ4v) is 1.17. The van der Waals surface area contributed by atoms with Crippen molar-refractivity contribution in [3.63, 3.8) is 0 Å². The molecule has 4 nitrogen and oxygen atoms in total. The van der Waals surface area contributed by atoms with Crippen molar-refractivity contribution in [2.24, 2.45) is 0 Å². The molecule has 0 aliphatic carbocycles. The monoisotopic (exact) mass is 287 g/mol. The van der Waals surface area contributed by atoms with Gasteiger partial charge in [0, 0.05) is 4.47 Å². The molecule has 0 saturated heterocycles. The molecule has 1 rings (SSSR count). The molecular formula is C11H14BrNO3. The van der Waals surface area contributed by atoms with E-state index in [0.29, 0.717) is 5.75 Å². The summed E-state index contributed by atoms with van der Waals surface area (Å²) in [5, 5.41) is 0. The lowest BCUT2D eigenvalue weighted by atomic mass is 10.2. The van der Waals surface area contributed by atoms with Crippen LogP contribution in [0.15, 0.2) is 28.7 Å². The Bertz CT molecular complexity index is 356. The van der Waals surface area contributed by atoms with Crippen LogP contribution in [0.3, 0.4) is 0 Å². The molecule has 5 heteroatoms. The predicted octanol–water partition coefficient (Wildman–Crippen LogP) is 3.27. The molecule has 0 atom stereocenters. The van der Waals surface area contributed by atoms with Gasteiger partial charge in [-0.1, -0.05) is 15.9 Å². The number of hydroxylamine groups is 1. The molecule has 0 radical (unpaired) electrons. The highest BCUT2D eigenvalue weighted by molar-refractivity contribution is 9.10. The maximum Gasteiger partial charge on any atom is 0.441 e. The molecule has 88 valence electrons. The fourth-order valence-electron chi connectivity index (χ4n) is 0.902. The van der Waals surface area contributed by atoms with Crippen LogP contribution >= 0.6 is 15.9 Å². The van der Waals surface area contributed by atoms with Crippen LogP contribution in [0.5, 0.6) is 5.75 Å². The van der Waals surface area contributed by atoms with Gasteiger partial charge in [-0.3, -0.25) is 0 Å². The van der Waals surface area contributed by atoms with Crippen molar-refractivity contribution < 1.29 is 14.4 Å². The van der Waals surface area contributed by atoms with E-state index in [2.05, 4.69) is 21.4 Å². The van der Waals surface area contributed by atoms with E-state index in [0.717, 1.165) is 4.47 Å². The molecule has 1 N–H and O–H groups in total. The number of carbonyl (C=O) groups is 1. The minimum absolute atomic E-state index is 0.535. The molecule has 16 heavy (non-hydrogen) atoms. The van der Waals surface area contributed by atoms with E-state index < -0.39 is 11.7 Å². The van der Waals surface area contributed by atoms with E-state index in [1.165, 1.54) is 0 Å². The van der Waals surface area contributed by atoms with Crippen LogP contribution in [-0.2, 0) is 4.74 Å². The highest BCUT2D eigenvalue weighted by atomic mass is 79.9. The maximum absolute atomic E-state index is 11.2. The molecular weight excluding hydrogens is 274 g/mol. The number of amides is 1. The second kappa shape index (κ2) is 5.21. The molecule has 1 amide bonds. The first kappa shape index (κ1) is 12.8. The normalized spacial score (nSPS) is 10.8. The van der Waals surface area contributed by atoms with Crippen LogP contribution in [0.2, 0.25) is 0 Å². The quantitative estimate of drug-likeness (QED) is 0.850. The van der Waals surface area contributed by atoms with E-state index in [-0.39, 0.29) is 0 Å². The summed E-state index contributed by atoms with van der Waals surface area (Å²) in [6, 6.07) is 7.07. The first-order valence-corrected chi connectivity index (χ1v) is 5.57. The van der Waals surface area contributed by atoms with E-state index in [1.54, 1.807) is 32.9 Å². The number of halogens is 1. The van der Waals surface area contributed by atoms with Crippen LogP contribution in [-0.4, -0.2) is 11.7 Å². The summed E-state index contributed by atoms with van der Waals surface area (Å²) >= 11 is 3.30. The van der Waals surface area contributed by atoms with E-state index >= 15 is 0 Å². The zero-order valence-electron chi connectivity index (χ0n) is 9.41. The first-order chi connectivity index (χ1) is 7.37. The lowest BCUT2D eigenvalue weighted by Crippen LogP contribution is -2.34. The molecule has 1 aromatic carbocycles. The van der Waals surface area contributed by atoms with Gasteiger partial charge in [-0.05, 0) is 45.0 Å². The lowest BCUT2D eigenvalue weighted by Gasteiger charge is -2.19. The molecule has 0 aliphatic rings. The van der Waals surface area contributed by atoms with Gasteiger partial charge in [0.2, 0.25) is 0 Å². The van der Waals surface area contributed by atoms with Gasteiger partial charge < -0.3 is 9.57 Å². The van der Waals surface area contributed by atoms with E-state index in [9.17, 15) is 4.79 Å². The summed E-state index contributed by atoms with van der Waals surface area (Å²) in [4.78, 5) is 16.3. The van der Waals surface area contributed by atoms with Crippen molar-refractivity contribution >= 4 is 22.0 Å². The van der Waals surface area contributed by atoms with Crippen molar-refractivity contribution in [2.45, 2.75) is 26.4 Å². The minimum atomic E-state index is -0.615. The van der Waals surface area contributed by atoms with Crippen molar-refractivity contribution in [3.05, 3.63) is 28.7 Å². The Morgan fingerprint density at radius 3 is 2.31 bits per heavy atom. The molecule has 0 heterocycles. The summed E-state index contributed by atoms with van der Waals surface area (Å²) in [6.07, 6.45) is -0.615. The van der Waals surface area contributed by atoms with Crippen molar-refractivity contribution in [3.8, 4) is 5.75 Å². The number of hydrogen-bond donors (Lipinski definition) is 1. The summed E-state index contributed by atoms with van der Waals surface area (Å²) < 4.78 is 5.94. The molecule has 0 unspecified atom stereocenters. The van der Waals surface area contributed by atoms with Crippen LogP contribution in [0, 0.1) is 0 Å². The number of carbonyl (C=O) groups excluding carboxylic acids is 1. The Balaban J connectivity index is 2.40. The molecule has 0 bridgehead atoms. The largest absolute Gasteiger partial charge is 0.442 e. The molecule has 0 aromatic heterocycles. The number of ether oxygens (including phenoxy) is 1. The van der Waals surface area contributed by atoms with Crippen LogP contribution in [0.25, 0.3) is 0 Å². The smallest absolute Gasteiger partial charge is 0.441 e. The maximum atomic E-state index is 11.2. The molecule has 0 spiro atoms. The van der Waals surface area contributed by atoms with E-state index in [4.69, 9.17) is 9.57 Å². The van der Waals surface area contributed by atoms with Gasteiger partial charge in [-0.25, -0.2) is 4.79 Å². The third-order valence-electron chi connectivity index (χ3n) is 1.46. The Labute approximate surface area is 103 Å². The third kappa shape index (κ3) is 5.02. The Morgan fingerprint density at radius 2 is 1.81 bits per heavy atom. The van der Waals surface area contributed by atoms with Gasteiger partial charge in [-0.2, -0.15) is 5.48 Å². The van der Waals surface area contributed by atoms with Crippen molar-refractivity contribution in [1.29, 1.82) is 0 Å². The summed E-state index contributed by atoms with van der Waals surface area (Å²) in [6.45, 7) is 5.35. The zero-order chi connectivity index (χ0) is 12.2. The first-order valence-electron chi connectivity index (χ1n) is 4.78.